The van der Waals surface area contributed by atoms with Crippen LogP contribution in [0.3, 0.4) is 0 Å². The average molecular weight is 231 g/mol. The van der Waals surface area contributed by atoms with Gasteiger partial charge < -0.3 is 10.1 Å². The van der Waals surface area contributed by atoms with Crippen LogP contribution in [0.5, 0.6) is 5.75 Å². The highest BCUT2D eigenvalue weighted by molar-refractivity contribution is 5.40. The number of benzene rings is 1. The van der Waals surface area contributed by atoms with Gasteiger partial charge in [-0.3, -0.25) is 0 Å². The topological polar surface area (TPSA) is 21.3 Å². The monoisotopic (exact) mass is 231 g/mol. The molecule has 0 amide bonds. The van der Waals surface area contributed by atoms with Crippen LogP contribution in [0.2, 0.25) is 0 Å². The van der Waals surface area contributed by atoms with Crippen LogP contribution in [0, 0.1) is 6.92 Å². The largest absolute Gasteiger partial charge is 0.490 e. The zero-order valence-corrected chi connectivity index (χ0v) is 10.5. The molecule has 2 nitrogen and oxygen atoms in total. The molecule has 0 spiro atoms. The van der Waals surface area contributed by atoms with Crippen molar-refractivity contribution < 1.29 is 4.74 Å². The smallest absolute Gasteiger partial charge is 0.123 e. The molecule has 2 aliphatic rings. The van der Waals surface area contributed by atoms with Crippen LogP contribution >= 0.6 is 0 Å². The molecule has 0 bridgehead atoms. The quantitative estimate of drug-likeness (QED) is 0.863. The van der Waals surface area contributed by atoms with Crippen LogP contribution in [0.1, 0.15) is 42.7 Å². The van der Waals surface area contributed by atoms with Crippen molar-refractivity contribution in [3.8, 4) is 5.75 Å². The third-order valence-electron chi connectivity index (χ3n) is 3.76. The molecule has 0 unspecified atom stereocenters. The van der Waals surface area contributed by atoms with Gasteiger partial charge in [0.15, 0.2) is 0 Å². The first-order valence-corrected chi connectivity index (χ1v) is 6.81. The molecule has 0 atom stereocenters. The second-order valence-corrected chi connectivity index (χ2v) is 5.38. The minimum Gasteiger partial charge on any atom is -0.490 e. The van der Waals surface area contributed by atoms with Crippen LogP contribution in [-0.2, 0) is 0 Å². The summed E-state index contributed by atoms with van der Waals surface area (Å²) in [5.41, 5.74) is 2.79. The first kappa shape index (κ1) is 11.1. The van der Waals surface area contributed by atoms with E-state index in [1.54, 1.807) is 0 Å². The van der Waals surface area contributed by atoms with Crippen molar-refractivity contribution in [2.75, 3.05) is 13.1 Å². The maximum Gasteiger partial charge on any atom is 0.123 e. The first-order chi connectivity index (χ1) is 8.33. The van der Waals surface area contributed by atoms with Crippen LogP contribution in [0.15, 0.2) is 18.2 Å². The Labute approximate surface area is 103 Å². The number of hydrogen-bond donors (Lipinski definition) is 1. The van der Waals surface area contributed by atoms with Crippen LogP contribution in [0.4, 0.5) is 0 Å². The predicted molar refractivity (Wildman–Crippen MR) is 69.7 cm³/mol. The highest BCUT2D eigenvalue weighted by atomic mass is 16.5. The summed E-state index contributed by atoms with van der Waals surface area (Å²) in [4.78, 5) is 0. The van der Waals surface area contributed by atoms with Gasteiger partial charge in [0, 0.05) is 0 Å². The zero-order chi connectivity index (χ0) is 11.7. The zero-order valence-electron chi connectivity index (χ0n) is 10.5. The molecular formula is C15H21NO. The molecule has 0 radical (unpaired) electrons. The summed E-state index contributed by atoms with van der Waals surface area (Å²) >= 11 is 0. The fourth-order valence-corrected chi connectivity index (χ4v) is 2.59. The Kier molecular flexibility index (Phi) is 3.06. The minimum atomic E-state index is 0.498. The SMILES string of the molecule is Cc1ccc(OC2CC2)c(C2CCNCC2)c1. The van der Waals surface area contributed by atoms with E-state index < -0.39 is 0 Å². The van der Waals surface area contributed by atoms with E-state index >= 15 is 0 Å². The number of rotatable bonds is 3. The van der Waals surface area contributed by atoms with Crippen LogP contribution < -0.4 is 10.1 Å². The Bertz CT molecular complexity index is 392. The van der Waals surface area contributed by atoms with Gasteiger partial charge in [-0.15, -0.1) is 0 Å². The minimum absolute atomic E-state index is 0.498. The van der Waals surface area contributed by atoms with E-state index in [1.165, 1.54) is 36.8 Å². The highest BCUT2D eigenvalue weighted by Crippen LogP contribution is 2.36. The lowest BCUT2D eigenvalue weighted by Gasteiger charge is -2.25. The number of piperidine rings is 1. The Morgan fingerprint density at radius 2 is 1.88 bits per heavy atom. The van der Waals surface area contributed by atoms with E-state index in [1.807, 2.05) is 0 Å². The lowest BCUT2D eigenvalue weighted by atomic mass is 9.89. The van der Waals surface area contributed by atoms with Crippen molar-refractivity contribution in [3.05, 3.63) is 29.3 Å². The fourth-order valence-electron chi connectivity index (χ4n) is 2.59. The first-order valence-electron chi connectivity index (χ1n) is 6.81. The number of hydrogen-bond acceptors (Lipinski definition) is 2. The Morgan fingerprint density at radius 3 is 2.59 bits per heavy atom. The van der Waals surface area contributed by atoms with E-state index in [0.29, 0.717) is 12.0 Å². The standard InChI is InChI=1S/C15H21NO/c1-11-2-5-15(17-13-3-4-13)14(10-11)12-6-8-16-9-7-12/h2,5,10,12-13,16H,3-4,6-9H2,1H3. The lowest BCUT2D eigenvalue weighted by Crippen LogP contribution is -2.27. The summed E-state index contributed by atoms with van der Waals surface area (Å²) in [6.07, 6.45) is 5.45. The molecule has 1 saturated carbocycles. The van der Waals surface area contributed by atoms with Crippen molar-refractivity contribution >= 4 is 0 Å². The molecule has 0 aromatic heterocycles. The van der Waals surface area contributed by atoms with Gasteiger partial charge >= 0.3 is 0 Å². The van der Waals surface area contributed by atoms with Gasteiger partial charge in [-0.25, -0.2) is 0 Å². The fraction of sp³-hybridized carbons (Fsp3) is 0.600. The second-order valence-electron chi connectivity index (χ2n) is 5.38. The van der Waals surface area contributed by atoms with Gasteiger partial charge in [-0.05, 0) is 63.2 Å². The second kappa shape index (κ2) is 4.69. The molecule has 1 aliphatic heterocycles. The molecule has 1 aromatic carbocycles. The Hall–Kier alpha value is -1.02. The van der Waals surface area contributed by atoms with E-state index in [0.717, 1.165) is 18.8 Å². The summed E-state index contributed by atoms with van der Waals surface area (Å²) in [6.45, 7) is 4.45. The third kappa shape index (κ3) is 2.63. The molecule has 2 fully saturated rings. The summed E-state index contributed by atoms with van der Waals surface area (Å²) in [6, 6.07) is 6.67. The van der Waals surface area contributed by atoms with E-state index in [4.69, 9.17) is 4.74 Å². The van der Waals surface area contributed by atoms with Crippen molar-refractivity contribution in [3.63, 3.8) is 0 Å². The molecule has 3 rings (SSSR count). The van der Waals surface area contributed by atoms with Crippen molar-refractivity contribution in [1.82, 2.24) is 5.32 Å². The summed E-state index contributed by atoms with van der Waals surface area (Å²) in [5.74, 6) is 1.83. The molecule has 1 aromatic rings. The molecule has 92 valence electrons. The van der Waals surface area contributed by atoms with Gasteiger partial charge in [-0.2, -0.15) is 0 Å². The number of ether oxygens (including phenoxy) is 1. The Morgan fingerprint density at radius 1 is 1.12 bits per heavy atom. The normalized spacial score (nSPS) is 21.5. The van der Waals surface area contributed by atoms with E-state index in [9.17, 15) is 0 Å². The number of aryl methyl sites for hydroxylation is 1. The maximum atomic E-state index is 6.04. The van der Waals surface area contributed by atoms with Gasteiger partial charge in [-0.1, -0.05) is 17.7 Å². The van der Waals surface area contributed by atoms with E-state index in [-0.39, 0.29) is 0 Å². The Balaban J connectivity index is 1.85. The van der Waals surface area contributed by atoms with Gasteiger partial charge in [0.25, 0.3) is 0 Å². The summed E-state index contributed by atoms with van der Waals surface area (Å²) < 4.78 is 6.04. The molecule has 1 saturated heterocycles. The van der Waals surface area contributed by atoms with Crippen molar-refractivity contribution in [2.24, 2.45) is 0 Å². The summed E-state index contributed by atoms with van der Waals surface area (Å²) in [7, 11) is 0. The van der Waals surface area contributed by atoms with Gasteiger partial charge in [0.05, 0.1) is 6.10 Å². The summed E-state index contributed by atoms with van der Waals surface area (Å²) in [5, 5.41) is 3.43. The molecule has 1 N–H and O–H groups in total. The number of nitrogens with one attached hydrogen (secondary N) is 1. The maximum absolute atomic E-state index is 6.04. The third-order valence-corrected chi connectivity index (χ3v) is 3.76. The van der Waals surface area contributed by atoms with Crippen molar-refractivity contribution in [2.45, 2.75) is 44.6 Å². The van der Waals surface area contributed by atoms with Gasteiger partial charge in [0.1, 0.15) is 5.75 Å². The van der Waals surface area contributed by atoms with E-state index in [2.05, 4.69) is 30.4 Å². The molecule has 1 heterocycles. The highest BCUT2D eigenvalue weighted by Gasteiger charge is 2.26. The predicted octanol–water partition coefficient (Wildman–Crippen LogP) is 3.00. The lowest BCUT2D eigenvalue weighted by molar-refractivity contribution is 0.295. The van der Waals surface area contributed by atoms with Crippen LogP contribution in [0.25, 0.3) is 0 Å². The molecular weight excluding hydrogens is 210 g/mol. The van der Waals surface area contributed by atoms with Crippen LogP contribution in [-0.4, -0.2) is 19.2 Å². The molecule has 17 heavy (non-hydrogen) atoms. The molecule has 2 heteroatoms. The molecule has 1 aliphatic carbocycles. The van der Waals surface area contributed by atoms with Gasteiger partial charge in [0.2, 0.25) is 0 Å². The average Bonchev–Trinajstić information content (AvgIpc) is 3.17. The van der Waals surface area contributed by atoms with Crippen molar-refractivity contribution in [1.29, 1.82) is 0 Å².